The van der Waals surface area contributed by atoms with Crippen LogP contribution in [0.25, 0.3) is 0 Å². The number of hydrogen-bond acceptors (Lipinski definition) is 3. The van der Waals surface area contributed by atoms with Crippen molar-refractivity contribution in [3.63, 3.8) is 0 Å². The molecule has 0 heterocycles. The monoisotopic (exact) mass is 208 g/mol. The van der Waals surface area contributed by atoms with E-state index in [0.29, 0.717) is 11.3 Å². The van der Waals surface area contributed by atoms with Crippen molar-refractivity contribution in [2.75, 3.05) is 12.4 Å². The van der Waals surface area contributed by atoms with Crippen LogP contribution in [-0.4, -0.2) is 18.9 Å². The Hall–Kier alpha value is -1.88. The molecule has 2 N–H and O–H groups in total. The summed E-state index contributed by atoms with van der Waals surface area (Å²) >= 11 is 0. The van der Waals surface area contributed by atoms with E-state index in [2.05, 4.69) is 15.6 Å². The summed E-state index contributed by atoms with van der Waals surface area (Å²) in [6.45, 7) is 1.49. The zero-order chi connectivity index (χ0) is 11.3. The van der Waals surface area contributed by atoms with E-state index in [4.69, 9.17) is 0 Å². The lowest BCUT2D eigenvalue weighted by Crippen LogP contribution is -2.27. The number of rotatable bonds is 3. The number of anilines is 1. The summed E-state index contributed by atoms with van der Waals surface area (Å²) in [6.07, 6.45) is 0. The lowest BCUT2D eigenvalue weighted by molar-refractivity contribution is 0.101. The van der Waals surface area contributed by atoms with E-state index in [1.165, 1.54) is 14.0 Å². The molecule has 1 rings (SSSR count). The topological polar surface area (TPSA) is 67.4 Å². The highest BCUT2D eigenvalue weighted by atomic mass is 16.6. The minimum Gasteiger partial charge on any atom is -0.306 e. The van der Waals surface area contributed by atoms with E-state index < -0.39 is 6.03 Å². The van der Waals surface area contributed by atoms with Crippen LogP contribution in [-0.2, 0) is 4.84 Å². The maximum Gasteiger partial charge on any atom is 0.343 e. The van der Waals surface area contributed by atoms with Crippen molar-refractivity contribution in [3.8, 4) is 0 Å². The molecule has 0 bridgehead atoms. The first-order chi connectivity index (χ1) is 7.13. The molecule has 0 fully saturated rings. The molecule has 2 amide bonds. The summed E-state index contributed by atoms with van der Waals surface area (Å²) in [5.41, 5.74) is 3.31. The molecular formula is C10H12N2O3. The molecule has 0 atom stereocenters. The molecule has 80 valence electrons. The van der Waals surface area contributed by atoms with Crippen LogP contribution in [0.2, 0.25) is 0 Å². The van der Waals surface area contributed by atoms with E-state index in [1.807, 2.05) is 0 Å². The van der Waals surface area contributed by atoms with Gasteiger partial charge in [0.2, 0.25) is 0 Å². The molecule has 0 aliphatic heterocycles. The van der Waals surface area contributed by atoms with Crippen LogP contribution in [0, 0.1) is 0 Å². The molecule has 0 aliphatic rings. The van der Waals surface area contributed by atoms with Crippen LogP contribution in [0.4, 0.5) is 10.5 Å². The van der Waals surface area contributed by atoms with E-state index in [-0.39, 0.29) is 5.78 Å². The summed E-state index contributed by atoms with van der Waals surface area (Å²) in [5.74, 6) is -0.0112. The van der Waals surface area contributed by atoms with Crippen LogP contribution in [0.1, 0.15) is 17.3 Å². The number of carbonyl (C=O) groups is 2. The van der Waals surface area contributed by atoms with Gasteiger partial charge >= 0.3 is 6.03 Å². The third-order valence-electron chi connectivity index (χ3n) is 1.74. The van der Waals surface area contributed by atoms with E-state index in [0.717, 1.165) is 0 Å². The first kappa shape index (κ1) is 11.2. The Morgan fingerprint density at radius 3 is 2.27 bits per heavy atom. The first-order valence-corrected chi connectivity index (χ1v) is 4.34. The highest BCUT2D eigenvalue weighted by Crippen LogP contribution is 2.09. The zero-order valence-corrected chi connectivity index (χ0v) is 8.53. The summed E-state index contributed by atoms with van der Waals surface area (Å²) in [6, 6.07) is 6.11. The van der Waals surface area contributed by atoms with Gasteiger partial charge in [-0.3, -0.25) is 9.63 Å². The third-order valence-corrected chi connectivity index (χ3v) is 1.74. The molecule has 1 aromatic rings. The maximum absolute atomic E-state index is 11.0. The molecule has 0 aromatic heterocycles. The second-order valence-corrected chi connectivity index (χ2v) is 2.89. The number of urea groups is 1. The largest absolute Gasteiger partial charge is 0.343 e. The average molecular weight is 208 g/mol. The Kier molecular flexibility index (Phi) is 3.82. The van der Waals surface area contributed by atoms with Crippen LogP contribution < -0.4 is 10.8 Å². The Morgan fingerprint density at radius 1 is 1.20 bits per heavy atom. The number of Topliss-reactive ketones (excluding diaryl/α,β-unsaturated/α-hetero) is 1. The van der Waals surface area contributed by atoms with Gasteiger partial charge in [-0.05, 0) is 31.2 Å². The number of amides is 2. The lowest BCUT2D eigenvalue weighted by atomic mass is 10.1. The fourth-order valence-corrected chi connectivity index (χ4v) is 1.04. The predicted molar refractivity (Wildman–Crippen MR) is 55.6 cm³/mol. The minimum atomic E-state index is -0.465. The van der Waals surface area contributed by atoms with E-state index >= 15 is 0 Å². The van der Waals surface area contributed by atoms with Crippen molar-refractivity contribution in [3.05, 3.63) is 29.8 Å². The normalized spacial score (nSPS) is 9.47. The standard InChI is InChI=1S/C10H12N2O3/c1-7(13)8-3-5-9(6-4-8)11-10(14)12-15-2/h3-6H,1-2H3,(H2,11,12,14). The van der Waals surface area contributed by atoms with Gasteiger partial charge in [0.1, 0.15) is 0 Å². The van der Waals surface area contributed by atoms with Gasteiger partial charge in [0.25, 0.3) is 0 Å². The maximum atomic E-state index is 11.0. The van der Waals surface area contributed by atoms with Gasteiger partial charge < -0.3 is 5.32 Å². The van der Waals surface area contributed by atoms with Gasteiger partial charge in [-0.15, -0.1) is 0 Å². The number of hydroxylamine groups is 1. The molecular weight excluding hydrogens is 196 g/mol. The summed E-state index contributed by atoms with van der Waals surface area (Å²) in [5, 5.41) is 2.52. The van der Waals surface area contributed by atoms with Gasteiger partial charge in [0.05, 0.1) is 7.11 Å². The Bertz CT molecular complexity index is 359. The fraction of sp³-hybridized carbons (Fsp3) is 0.200. The summed E-state index contributed by atoms with van der Waals surface area (Å²) in [7, 11) is 1.35. The number of nitrogens with one attached hydrogen (secondary N) is 2. The molecule has 0 unspecified atom stereocenters. The highest BCUT2D eigenvalue weighted by molar-refractivity contribution is 5.95. The molecule has 1 aromatic carbocycles. The minimum absolute atomic E-state index is 0.0112. The SMILES string of the molecule is CONC(=O)Nc1ccc(C(C)=O)cc1. The van der Waals surface area contributed by atoms with Gasteiger partial charge in [0, 0.05) is 11.3 Å². The average Bonchev–Trinajstić information content (AvgIpc) is 2.18. The Balaban J connectivity index is 2.64. The van der Waals surface area contributed by atoms with Gasteiger partial charge in [0.15, 0.2) is 5.78 Å². The third kappa shape index (κ3) is 3.40. The number of benzene rings is 1. The number of carbonyl (C=O) groups excluding carboxylic acids is 2. The van der Waals surface area contributed by atoms with Crippen LogP contribution >= 0.6 is 0 Å². The van der Waals surface area contributed by atoms with Crippen molar-refractivity contribution in [2.24, 2.45) is 0 Å². The lowest BCUT2D eigenvalue weighted by Gasteiger charge is -2.05. The first-order valence-electron chi connectivity index (χ1n) is 4.34. The van der Waals surface area contributed by atoms with Gasteiger partial charge in [-0.2, -0.15) is 0 Å². The zero-order valence-electron chi connectivity index (χ0n) is 8.53. The number of hydrogen-bond donors (Lipinski definition) is 2. The van der Waals surface area contributed by atoms with Gasteiger partial charge in [-0.25, -0.2) is 10.3 Å². The Morgan fingerprint density at radius 2 is 1.80 bits per heavy atom. The summed E-state index contributed by atoms with van der Waals surface area (Å²) in [4.78, 5) is 26.4. The molecule has 0 saturated heterocycles. The highest BCUT2D eigenvalue weighted by Gasteiger charge is 2.01. The molecule has 0 radical (unpaired) electrons. The van der Waals surface area contributed by atoms with Crippen molar-refractivity contribution in [2.45, 2.75) is 6.92 Å². The quantitative estimate of drug-likeness (QED) is 0.585. The molecule has 15 heavy (non-hydrogen) atoms. The summed E-state index contributed by atoms with van der Waals surface area (Å²) < 4.78 is 0. The molecule has 5 nitrogen and oxygen atoms in total. The van der Waals surface area contributed by atoms with Crippen LogP contribution in [0.5, 0.6) is 0 Å². The van der Waals surface area contributed by atoms with Crippen molar-refractivity contribution in [1.82, 2.24) is 5.48 Å². The number of ketones is 1. The van der Waals surface area contributed by atoms with E-state index in [9.17, 15) is 9.59 Å². The van der Waals surface area contributed by atoms with Crippen molar-refractivity contribution < 1.29 is 14.4 Å². The molecule has 0 aliphatic carbocycles. The van der Waals surface area contributed by atoms with Crippen molar-refractivity contribution in [1.29, 1.82) is 0 Å². The van der Waals surface area contributed by atoms with E-state index in [1.54, 1.807) is 24.3 Å². The second-order valence-electron chi connectivity index (χ2n) is 2.89. The van der Waals surface area contributed by atoms with Gasteiger partial charge in [-0.1, -0.05) is 0 Å². The molecule has 5 heteroatoms. The van der Waals surface area contributed by atoms with Crippen LogP contribution in [0.15, 0.2) is 24.3 Å². The van der Waals surface area contributed by atoms with Crippen LogP contribution in [0.3, 0.4) is 0 Å². The smallest absolute Gasteiger partial charge is 0.306 e. The predicted octanol–water partition coefficient (Wildman–Crippen LogP) is 1.57. The molecule has 0 saturated carbocycles. The second kappa shape index (κ2) is 5.11. The Labute approximate surface area is 87.4 Å². The van der Waals surface area contributed by atoms with Crippen molar-refractivity contribution >= 4 is 17.5 Å². The molecule has 0 spiro atoms. The fourth-order valence-electron chi connectivity index (χ4n) is 1.04.